The van der Waals surface area contributed by atoms with Gasteiger partial charge in [-0.25, -0.2) is 0 Å². The molecule has 104 valence electrons. The number of carbonyl (C=O) groups excluding carboxylic acids is 1. The Morgan fingerprint density at radius 3 is 2.63 bits per heavy atom. The number of amides is 1. The van der Waals surface area contributed by atoms with E-state index in [2.05, 4.69) is 10.6 Å². The zero-order valence-electron chi connectivity index (χ0n) is 10.7. The summed E-state index contributed by atoms with van der Waals surface area (Å²) in [5.74, 6) is -1.09. The number of nitrogens with one attached hydrogen (secondary N) is 2. The van der Waals surface area contributed by atoms with Crippen LogP contribution in [-0.4, -0.2) is 35.2 Å². The molecule has 0 bridgehead atoms. The normalized spacial score (nSPS) is 11.8. The van der Waals surface area contributed by atoms with Gasteiger partial charge in [-0.05, 0) is 30.7 Å². The summed E-state index contributed by atoms with van der Waals surface area (Å²) in [7, 11) is 0. The molecule has 1 atom stereocenters. The molecule has 0 aromatic heterocycles. The smallest absolute Gasteiger partial charge is 0.325 e. The van der Waals surface area contributed by atoms with E-state index in [1.54, 1.807) is 12.1 Å². The average molecular weight is 266 g/mol. The summed E-state index contributed by atoms with van der Waals surface area (Å²) < 4.78 is 0. The van der Waals surface area contributed by atoms with Crippen molar-refractivity contribution >= 4 is 11.9 Å². The van der Waals surface area contributed by atoms with Crippen LogP contribution in [0.1, 0.15) is 24.9 Å². The Labute approximate surface area is 111 Å². The molecule has 1 unspecified atom stereocenters. The monoisotopic (exact) mass is 266 g/mol. The molecule has 0 saturated heterocycles. The summed E-state index contributed by atoms with van der Waals surface area (Å²) in [6.07, 6.45) is 0.627. The molecule has 6 nitrogen and oxygen atoms in total. The Kier molecular flexibility index (Phi) is 5.81. The first kappa shape index (κ1) is 15.0. The van der Waals surface area contributed by atoms with Crippen molar-refractivity contribution in [1.82, 2.24) is 10.6 Å². The Hall–Kier alpha value is -2.08. The highest BCUT2D eigenvalue weighted by Gasteiger charge is 2.18. The number of aliphatic carboxylic acids is 1. The molecule has 0 spiro atoms. The number of rotatable bonds is 7. The van der Waals surface area contributed by atoms with E-state index < -0.39 is 12.0 Å². The average Bonchev–Trinajstić information content (AvgIpc) is 2.32. The van der Waals surface area contributed by atoms with E-state index in [1.807, 2.05) is 0 Å². The lowest BCUT2D eigenvalue weighted by molar-refractivity contribution is -0.139. The van der Waals surface area contributed by atoms with Gasteiger partial charge in [0.2, 0.25) is 5.91 Å². The van der Waals surface area contributed by atoms with Gasteiger partial charge in [0.1, 0.15) is 11.8 Å². The zero-order chi connectivity index (χ0) is 14.3. The third-order valence-electron chi connectivity index (χ3n) is 2.53. The quantitative estimate of drug-likeness (QED) is 0.543. The number of phenols is 1. The molecule has 6 heteroatoms. The van der Waals surface area contributed by atoms with Gasteiger partial charge in [0.05, 0.1) is 0 Å². The molecule has 0 fully saturated rings. The molecule has 1 rings (SSSR count). The molecule has 0 heterocycles. The van der Waals surface area contributed by atoms with Gasteiger partial charge >= 0.3 is 5.97 Å². The fraction of sp³-hybridized carbons (Fsp3) is 0.385. The highest BCUT2D eigenvalue weighted by Crippen LogP contribution is 2.18. The predicted molar refractivity (Wildman–Crippen MR) is 69.8 cm³/mol. The third kappa shape index (κ3) is 5.39. The number of carboxylic acids is 1. The lowest BCUT2D eigenvalue weighted by Gasteiger charge is -2.15. The largest absolute Gasteiger partial charge is 0.508 e. The number of hydrogen-bond acceptors (Lipinski definition) is 4. The minimum Gasteiger partial charge on any atom is -0.508 e. The number of aromatic hydroxyl groups is 1. The number of hydrogen-bond donors (Lipinski definition) is 4. The van der Waals surface area contributed by atoms with E-state index in [-0.39, 0.29) is 11.7 Å². The first-order chi connectivity index (χ1) is 9.00. The van der Waals surface area contributed by atoms with E-state index in [4.69, 9.17) is 5.11 Å². The maximum Gasteiger partial charge on any atom is 0.325 e. The van der Waals surface area contributed by atoms with Crippen LogP contribution in [0.2, 0.25) is 0 Å². The molecule has 0 aliphatic heterocycles. The van der Waals surface area contributed by atoms with Gasteiger partial charge in [0, 0.05) is 13.5 Å². The lowest BCUT2D eigenvalue weighted by Crippen LogP contribution is -2.31. The summed E-state index contributed by atoms with van der Waals surface area (Å²) >= 11 is 0. The van der Waals surface area contributed by atoms with E-state index in [0.29, 0.717) is 25.1 Å². The Morgan fingerprint density at radius 2 is 2.05 bits per heavy atom. The summed E-state index contributed by atoms with van der Waals surface area (Å²) in [5, 5.41) is 24.0. The molecule has 0 aliphatic carbocycles. The molecule has 0 aliphatic rings. The topological polar surface area (TPSA) is 98.7 Å². The van der Waals surface area contributed by atoms with Crippen molar-refractivity contribution in [2.75, 3.05) is 13.1 Å². The van der Waals surface area contributed by atoms with Crippen molar-refractivity contribution in [2.45, 2.75) is 19.4 Å². The van der Waals surface area contributed by atoms with Crippen LogP contribution in [0.15, 0.2) is 24.3 Å². The second-order valence-electron chi connectivity index (χ2n) is 4.16. The second kappa shape index (κ2) is 7.38. The standard InChI is InChI=1S/C13H18N2O4/c1-9(16)14-6-3-7-15-12(13(18)19)10-4-2-5-11(17)8-10/h2,4-5,8,12,15,17H,3,6-7H2,1H3,(H,14,16)(H,18,19). The number of benzene rings is 1. The van der Waals surface area contributed by atoms with E-state index in [1.165, 1.54) is 19.1 Å². The van der Waals surface area contributed by atoms with Crippen LogP contribution in [0, 0.1) is 0 Å². The van der Waals surface area contributed by atoms with Gasteiger partial charge < -0.3 is 20.8 Å². The molecular weight excluding hydrogens is 248 g/mol. The Morgan fingerprint density at radius 1 is 1.32 bits per heavy atom. The summed E-state index contributed by atoms with van der Waals surface area (Å²) in [5.41, 5.74) is 0.493. The molecule has 1 aromatic rings. The second-order valence-corrected chi connectivity index (χ2v) is 4.16. The van der Waals surface area contributed by atoms with Gasteiger partial charge in [0.25, 0.3) is 0 Å². The highest BCUT2D eigenvalue weighted by molar-refractivity contribution is 5.75. The van der Waals surface area contributed by atoms with Crippen molar-refractivity contribution in [3.63, 3.8) is 0 Å². The van der Waals surface area contributed by atoms with E-state index in [9.17, 15) is 14.7 Å². The number of phenolic OH excluding ortho intramolecular Hbond substituents is 1. The van der Waals surface area contributed by atoms with Gasteiger partial charge in [-0.1, -0.05) is 12.1 Å². The first-order valence-electron chi connectivity index (χ1n) is 6.00. The first-order valence-corrected chi connectivity index (χ1v) is 6.00. The minimum atomic E-state index is -1.01. The van der Waals surface area contributed by atoms with Crippen LogP contribution in [0.25, 0.3) is 0 Å². The fourth-order valence-corrected chi connectivity index (χ4v) is 1.65. The number of carbonyl (C=O) groups is 2. The maximum absolute atomic E-state index is 11.2. The maximum atomic E-state index is 11.2. The number of carboxylic acid groups (broad SMARTS) is 1. The zero-order valence-corrected chi connectivity index (χ0v) is 10.7. The van der Waals surface area contributed by atoms with Crippen molar-refractivity contribution in [2.24, 2.45) is 0 Å². The van der Waals surface area contributed by atoms with Crippen LogP contribution < -0.4 is 10.6 Å². The fourth-order valence-electron chi connectivity index (χ4n) is 1.65. The van der Waals surface area contributed by atoms with Crippen molar-refractivity contribution in [3.8, 4) is 5.75 Å². The summed E-state index contributed by atoms with van der Waals surface area (Å²) in [6, 6.07) is 5.27. The van der Waals surface area contributed by atoms with Crippen LogP contribution in [-0.2, 0) is 9.59 Å². The molecule has 1 aromatic carbocycles. The van der Waals surface area contributed by atoms with Gasteiger partial charge in [0.15, 0.2) is 0 Å². The molecule has 1 amide bonds. The van der Waals surface area contributed by atoms with Crippen molar-refractivity contribution < 1.29 is 19.8 Å². The minimum absolute atomic E-state index is 0.0313. The molecular formula is C13H18N2O4. The van der Waals surface area contributed by atoms with Crippen LogP contribution >= 0.6 is 0 Å². The Bertz CT molecular complexity index is 448. The molecule has 0 radical (unpaired) electrons. The van der Waals surface area contributed by atoms with Crippen LogP contribution in [0.3, 0.4) is 0 Å². The molecule has 4 N–H and O–H groups in total. The summed E-state index contributed by atoms with van der Waals surface area (Å²) in [4.78, 5) is 21.8. The van der Waals surface area contributed by atoms with Crippen molar-refractivity contribution in [1.29, 1.82) is 0 Å². The lowest BCUT2D eigenvalue weighted by atomic mass is 10.1. The van der Waals surface area contributed by atoms with Gasteiger partial charge in [-0.3, -0.25) is 9.59 Å². The van der Waals surface area contributed by atoms with Crippen molar-refractivity contribution in [3.05, 3.63) is 29.8 Å². The summed E-state index contributed by atoms with van der Waals surface area (Å²) in [6.45, 7) is 2.38. The van der Waals surface area contributed by atoms with E-state index in [0.717, 1.165) is 0 Å². The molecule has 0 saturated carbocycles. The van der Waals surface area contributed by atoms with Crippen LogP contribution in [0.4, 0.5) is 0 Å². The van der Waals surface area contributed by atoms with Gasteiger partial charge in [-0.15, -0.1) is 0 Å². The van der Waals surface area contributed by atoms with Gasteiger partial charge in [-0.2, -0.15) is 0 Å². The van der Waals surface area contributed by atoms with Crippen LogP contribution in [0.5, 0.6) is 5.75 Å². The van der Waals surface area contributed by atoms with E-state index >= 15 is 0 Å². The predicted octanol–water partition coefficient (Wildman–Crippen LogP) is 0.634. The highest BCUT2D eigenvalue weighted by atomic mass is 16.4. The SMILES string of the molecule is CC(=O)NCCCNC(C(=O)O)c1cccc(O)c1. The third-order valence-corrected chi connectivity index (χ3v) is 2.53. The molecule has 19 heavy (non-hydrogen) atoms. The Balaban J connectivity index is 2.50.